The molecule has 3 rings (SSSR count). The van der Waals surface area contributed by atoms with Crippen LogP contribution in [0.15, 0.2) is 18.3 Å². The Balaban J connectivity index is 1.75. The van der Waals surface area contributed by atoms with Crippen LogP contribution in [0.3, 0.4) is 0 Å². The first-order valence-electron chi connectivity index (χ1n) is 7.54. The van der Waals surface area contributed by atoms with E-state index in [0.29, 0.717) is 39.3 Å². The molecule has 2 saturated heterocycles. The number of hydrogen-bond acceptors (Lipinski definition) is 5. The molecule has 2 aliphatic rings. The number of morpholine rings is 1. The van der Waals surface area contributed by atoms with Crippen molar-refractivity contribution in [1.82, 2.24) is 9.88 Å². The lowest BCUT2D eigenvalue weighted by Gasteiger charge is -2.39. The van der Waals surface area contributed by atoms with E-state index in [1.807, 2.05) is 0 Å². The first kappa shape index (κ1) is 17.0. The molecule has 1 amide bonds. The second-order valence-corrected chi connectivity index (χ2v) is 5.81. The number of carbonyl (C=O) groups excluding carboxylic acids is 1. The topological polar surface area (TPSA) is 60.9 Å². The van der Waals surface area contributed by atoms with E-state index in [1.165, 1.54) is 23.2 Å². The van der Waals surface area contributed by atoms with Gasteiger partial charge in [-0.15, -0.1) is 0 Å². The Hall–Kier alpha value is -1.87. The van der Waals surface area contributed by atoms with Crippen LogP contribution in [0.2, 0.25) is 0 Å². The Morgan fingerprint density at radius 1 is 1.42 bits per heavy atom. The highest BCUT2D eigenvalue weighted by Gasteiger charge is 2.42. The zero-order valence-electron chi connectivity index (χ0n) is 12.8. The normalized spacial score (nSPS) is 24.4. The third-order valence-electron chi connectivity index (χ3n) is 3.97. The Kier molecular flexibility index (Phi) is 4.64. The average Bonchev–Trinajstić information content (AvgIpc) is 2.99. The molecule has 24 heavy (non-hydrogen) atoms. The molecule has 1 unspecified atom stereocenters. The van der Waals surface area contributed by atoms with E-state index in [2.05, 4.69) is 4.98 Å². The van der Waals surface area contributed by atoms with Gasteiger partial charge in [0.25, 0.3) is 5.91 Å². The minimum atomic E-state index is -4.49. The van der Waals surface area contributed by atoms with Crippen molar-refractivity contribution in [3.63, 3.8) is 0 Å². The molecule has 1 aromatic heterocycles. The first-order valence-corrected chi connectivity index (χ1v) is 7.54. The lowest BCUT2D eigenvalue weighted by atomic mass is 10.0. The predicted molar refractivity (Wildman–Crippen MR) is 75.8 cm³/mol. The maximum atomic E-state index is 12.7. The van der Waals surface area contributed by atoms with Crippen LogP contribution < -0.4 is 4.74 Å². The fourth-order valence-corrected chi connectivity index (χ4v) is 2.82. The largest absolute Gasteiger partial charge is 0.482 e. The molecule has 6 nitrogen and oxygen atoms in total. The van der Waals surface area contributed by atoms with Crippen LogP contribution in [0.1, 0.15) is 16.9 Å². The molecule has 1 spiro atoms. The second-order valence-electron chi connectivity index (χ2n) is 5.81. The second kappa shape index (κ2) is 6.56. The number of aromatic nitrogens is 1. The summed E-state index contributed by atoms with van der Waals surface area (Å²) in [6.45, 7) is 0.500. The van der Waals surface area contributed by atoms with E-state index in [9.17, 15) is 18.0 Å². The summed E-state index contributed by atoms with van der Waals surface area (Å²) in [5, 5.41) is 0. The summed E-state index contributed by atoms with van der Waals surface area (Å²) in [4.78, 5) is 18.1. The van der Waals surface area contributed by atoms with Crippen LogP contribution in [0.4, 0.5) is 13.2 Å². The summed E-state index contributed by atoms with van der Waals surface area (Å²) in [6.07, 6.45) is -2.46. The summed E-state index contributed by atoms with van der Waals surface area (Å²) in [6, 6.07) is 2.73. The number of amides is 1. The fraction of sp³-hybridized carbons (Fsp3) is 0.600. The SMILES string of the molecule is O=C(c1ncccc1OCC(F)(F)F)N1CCOC2(CCOC2)C1. The van der Waals surface area contributed by atoms with Gasteiger partial charge in [0.1, 0.15) is 5.60 Å². The number of rotatable bonds is 3. The van der Waals surface area contributed by atoms with E-state index < -0.39 is 24.3 Å². The number of alkyl halides is 3. The molecule has 9 heteroatoms. The van der Waals surface area contributed by atoms with Crippen LogP contribution in [-0.4, -0.2) is 67.1 Å². The van der Waals surface area contributed by atoms with Crippen LogP contribution in [-0.2, 0) is 9.47 Å². The Morgan fingerprint density at radius 2 is 2.25 bits per heavy atom. The minimum Gasteiger partial charge on any atom is -0.482 e. The Bertz CT molecular complexity index is 603. The number of ether oxygens (including phenoxy) is 3. The Morgan fingerprint density at radius 3 is 2.96 bits per heavy atom. The van der Waals surface area contributed by atoms with Gasteiger partial charge in [0.15, 0.2) is 18.1 Å². The molecule has 0 aliphatic carbocycles. The van der Waals surface area contributed by atoms with Gasteiger partial charge in [0, 0.05) is 25.8 Å². The van der Waals surface area contributed by atoms with E-state index in [4.69, 9.17) is 14.2 Å². The number of nitrogens with zero attached hydrogens (tertiary/aromatic N) is 2. The number of halogens is 3. The van der Waals surface area contributed by atoms with Crippen molar-refractivity contribution in [3.05, 3.63) is 24.0 Å². The molecular formula is C15H17F3N2O4. The third-order valence-corrected chi connectivity index (χ3v) is 3.97. The fourth-order valence-electron chi connectivity index (χ4n) is 2.82. The van der Waals surface area contributed by atoms with E-state index in [0.717, 1.165) is 0 Å². The van der Waals surface area contributed by atoms with Gasteiger partial charge in [0.2, 0.25) is 0 Å². The number of carbonyl (C=O) groups is 1. The van der Waals surface area contributed by atoms with Crippen molar-refractivity contribution in [2.45, 2.75) is 18.2 Å². The van der Waals surface area contributed by atoms with E-state index in [1.54, 1.807) is 0 Å². The van der Waals surface area contributed by atoms with Crippen LogP contribution in [0.25, 0.3) is 0 Å². The van der Waals surface area contributed by atoms with Crippen molar-refractivity contribution < 1.29 is 32.2 Å². The van der Waals surface area contributed by atoms with Gasteiger partial charge in [0.05, 0.1) is 19.8 Å². The van der Waals surface area contributed by atoms with Crippen LogP contribution >= 0.6 is 0 Å². The summed E-state index contributed by atoms with van der Waals surface area (Å²) in [5.41, 5.74) is -0.659. The average molecular weight is 346 g/mol. The molecule has 3 heterocycles. The molecule has 1 atom stereocenters. The van der Waals surface area contributed by atoms with Crippen molar-refractivity contribution in [3.8, 4) is 5.75 Å². The molecule has 0 bridgehead atoms. The summed E-state index contributed by atoms with van der Waals surface area (Å²) in [5.74, 6) is -0.648. The Labute approximate surface area is 136 Å². The molecule has 0 aromatic carbocycles. The van der Waals surface area contributed by atoms with Gasteiger partial charge in [-0.1, -0.05) is 0 Å². The van der Waals surface area contributed by atoms with Crippen LogP contribution in [0.5, 0.6) is 5.75 Å². The molecule has 2 fully saturated rings. The molecule has 2 aliphatic heterocycles. The maximum Gasteiger partial charge on any atom is 0.422 e. The molecule has 0 N–H and O–H groups in total. The summed E-state index contributed by atoms with van der Waals surface area (Å²) >= 11 is 0. The van der Waals surface area contributed by atoms with Gasteiger partial charge >= 0.3 is 6.18 Å². The third kappa shape index (κ3) is 3.78. The van der Waals surface area contributed by atoms with Crippen molar-refractivity contribution in [2.24, 2.45) is 0 Å². The van der Waals surface area contributed by atoms with Gasteiger partial charge in [-0.05, 0) is 12.1 Å². The van der Waals surface area contributed by atoms with Crippen molar-refractivity contribution in [1.29, 1.82) is 0 Å². The summed E-state index contributed by atoms with van der Waals surface area (Å²) < 4.78 is 52.9. The lowest BCUT2D eigenvalue weighted by molar-refractivity contribution is -0.153. The highest BCUT2D eigenvalue weighted by Crippen LogP contribution is 2.29. The number of pyridine rings is 1. The highest BCUT2D eigenvalue weighted by molar-refractivity contribution is 5.95. The standard InChI is InChI=1S/C15H17F3N2O4/c16-15(17,18)10-23-11-2-1-4-19-12(11)13(21)20-5-7-24-14(8-20)3-6-22-9-14/h1-2,4H,3,5-10H2. The maximum absolute atomic E-state index is 12.7. The van der Waals surface area contributed by atoms with Gasteiger partial charge in [-0.3, -0.25) is 4.79 Å². The van der Waals surface area contributed by atoms with Gasteiger partial charge in [-0.2, -0.15) is 13.2 Å². The highest BCUT2D eigenvalue weighted by atomic mass is 19.4. The zero-order chi connectivity index (χ0) is 17.2. The summed E-state index contributed by atoms with van der Waals surface area (Å²) in [7, 11) is 0. The molecule has 0 saturated carbocycles. The minimum absolute atomic E-state index is 0.127. The van der Waals surface area contributed by atoms with E-state index >= 15 is 0 Å². The van der Waals surface area contributed by atoms with Crippen molar-refractivity contribution >= 4 is 5.91 Å². The van der Waals surface area contributed by atoms with Crippen molar-refractivity contribution in [2.75, 3.05) is 39.5 Å². The molecule has 0 radical (unpaired) electrons. The van der Waals surface area contributed by atoms with Crippen LogP contribution in [0, 0.1) is 0 Å². The lowest BCUT2D eigenvalue weighted by Crippen LogP contribution is -2.54. The first-order chi connectivity index (χ1) is 11.4. The number of hydrogen-bond donors (Lipinski definition) is 0. The monoisotopic (exact) mass is 346 g/mol. The van der Waals surface area contributed by atoms with E-state index in [-0.39, 0.29) is 11.4 Å². The smallest absolute Gasteiger partial charge is 0.422 e. The predicted octanol–water partition coefficient (Wildman–Crippen LogP) is 1.65. The molecule has 1 aromatic rings. The van der Waals surface area contributed by atoms with Gasteiger partial charge < -0.3 is 19.1 Å². The molecular weight excluding hydrogens is 329 g/mol. The van der Waals surface area contributed by atoms with Gasteiger partial charge in [-0.25, -0.2) is 4.98 Å². The molecule has 132 valence electrons. The quantitative estimate of drug-likeness (QED) is 0.833. The zero-order valence-corrected chi connectivity index (χ0v) is 12.8.